The largest absolute Gasteiger partial charge is 0.497 e. The van der Waals surface area contributed by atoms with Crippen molar-refractivity contribution in [3.63, 3.8) is 0 Å². The lowest BCUT2D eigenvalue weighted by Gasteiger charge is -2.11. The summed E-state index contributed by atoms with van der Waals surface area (Å²) in [5, 5.41) is 12.0. The molecule has 0 saturated carbocycles. The van der Waals surface area contributed by atoms with Gasteiger partial charge in [0.1, 0.15) is 11.6 Å². The average molecular weight is 391 g/mol. The molecule has 0 saturated heterocycles. The molecule has 2 heterocycles. The van der Waals surface area contributed by atoms with Crippen LogP contribution in [0.15, 0.2) is 30.5 Å². The van der Waals surface area contributed by atoms with Crippen molar-refractivity contribution in [3.05, 3.63) is 36.0 Å². The lowest BCUT2D eigenvalue weighted by molar-refractivity contribution is 0.414. The van der Waals surface area contributed by atoms with Crippen LogP contribution in [-0.4, -0.2) is 33.4 Å². The van der Waals surface area contributed by atoms with Crippen LogP contribution in [0.5, 0.6) is 5.75 Å². The van der Waals surface area contributed by atoms with Gasteiger partial charge in [-0.25, -0.2) is 0 Å². The molecule has 0 atom stereocenters. The first-order valence-electron chi connectivity index (χ1n) is 8.87. The number of nitrogens with zero attached hydrogens (tertiary/aromatic N) is 4. The zero-order valence-electron chi connectivity index (χ0n) is 16.2. The van der Waals surface area contributed by atoms with Gasteiger partial charge < -0.3 is 15.4 Å². The van der Waals surface area contributed by atoms with Crippen molar-refractivity contribution in [2.45, 2.75) is 26.8 Å². The maximum atomic E-state index is 5.20. The topological polar surface area (TPSA) is 76.9 Å². The number of anilines is 2. The van der Waals surface area contributed by atoms with Crippen LogP contribution in [0.4, 0.5) is 11.8 Å². The number of halogens is 1. The minimum atomic E-state index is 0. The number of hydrogen-bond donors (Lipinski definition) is 2. The molecule has 8 heteroatoms. The Balaban J connectivity index is 0.00000261. The Labute approximate surface area is 166 Å². The van der Waals surface area contributed by atoms with Gasteiger partial charge in [0, 0.05) is 20.1 Å². The summed E-state index contributed by atoms with van der Waals surface area (Å²) in [4.78, 5) is 9.24. The fourth-order valence-electron chi connectivity index (χ4n) is 2.64. The van der Waals surface area contributed by atoms with Crippen molar-refractivity contribution in [2.24, 2.45) is 13.0 Å². The fourth-order valence-corrected chi connectivity index (χ4v) is 2.64. The Hall–Kier alpha value is -2.54. The molecule has 146 valence electrons. The number of nitrogens with one attached hydrogen (secondary N) is 2. The molecule has 0 fully saturated rings. The van der Waals surface area contributed by atoms with Crippen LogP contribution >= 0.6 is 12.4 Å². The summed E-state index contributed by atoms with van der Waals surface area (Å²) >= 11 is 0. The zero-order chi connectivity index (χ0) is 18.5. The highest BCUT2D eigenvalue weighted by molar-refractivity contribution is 5.87. The second-order valence-corrected chi connectivity index (χ2v) is 6.71. The lowest BCUT2D eigenvalue weighted by atomic mass is 10.1. The summed E-state index contributed by atoms with van der Waals surface area (Å²) in [5.74, 6) is 2.89. The maximum absolute atomic E-state index is 5.20. The third-order valence-electron chi connectivity index (χ3n) is 4.22. The van der Waals surface area contributed by atoms with Crippen molar-refractivity contribution in [1.82, 2.24) is 19.7 Å². The molecule has 0 spiro atoms. The number of hydrogen-bond acceptors (Lipinski definition) is 6. The summed E-state index contributed by atoms with van der Waals surface area (Å²) in [6.45, 7) is 5.92. The summed E-state index contributed by atoms with van der Waals surface area (Å²) in [6.07, 6.45) is 2.87. The van der Waals surface area contributed by atoms with Crippen LogP contribution in [0.2, 0.25) is 0 Å². The third kappa shape index (κ3) is 5.23. The van der Waals surface area contributed by atoms with E-state index in [-0.39, 0.29) is 12.4 Å². The molecule has 0 aliphatic rings. The van der Waals surface area contributed by atoms with Crippen molar-refractivity contribution in [1.29, 1.82) is 0 Å². The van der Waals surface area contributed by atoms with Gasteiger partial charge in [-0.3, -0.25) is 4.68 Å². The van der Waals surface area contributed by atoms with E-state index >= 15 is 0 Å². The number of aryl methyl sites for hydroxylation is 1. The molecule has 0 radical (unpaired) electrons. The number of aromatic nitrogens is 4. The minimum absolute atomic E-state index is 0. The first-order valence-corrected chi connectivity index (χ1v) is 8.87. The normalized spacial score (nSPS) is 10.7. The molecule has 7 nitrogen and oxygen atoms in total. The maximum Gasteiger partial charge on any atom is 0.226 e. The van der Waals surface area contributed by atoms with E-state index in [1.807, 2.05) is 31.3 Å². The first-order chi connectivity index (χ1) is 12.6. The van der Waals surface area contributed by atoms with Gasteiger partial charge in [0.15, 0.2) is 5.65 Å². The Morgan fingerprint density at radius 2 is 1.85 bits per heavy atom. The van der Waals surface area contributed by atoms with E-state index in [4.69, 9.17) is 4.74 Å². The van der Waals surface area contributed by atoms with Crippen LogP contribution in [0.3, 0.4) is 0 Å². The van der Waals surface area contributed by atoms with Crippen LogP contribution in [0.1, 0.15) is 25.8 Å². The second kappa shape index (κ2) is 9.41. The Morgan fingerprint density at radius 3 is 2.52 bits per heavy atom. The number of methoxy groups -OCH3 is 1. The number of rotatable bonds is 8. The van der Waals surface area contributed by atoms with Gasteiger partial charge in [0.05, 0.1) is 18.7 Å². The SMILES string of the molecule is COc1ccc(CNc2nc(NCCC(C)C)nc3c2cnn3C)cc1.Cl. The van der Waals surface area contributed by atoms with E-state index in [9.17, 15) is 0 Å². The van der Waals surface area contributed by atoms with Gasteiger partial charge in [-0.2, -0.15) is 15.1 Å². The molecule has 0 bridgehead atoms. The lowest BCUT2D eigenvalue weighted by Crippen LogP contribution is -2.10. The number of ether oxygens (including phenoxy) is 1. The molecule has 0 aliphatic heterocycles. The standard InChI is InChI=1S/C19H26N6O.ClH/c1-13(2)9-10-20-19-23-17(16-12-22-25(3)18(16)24-19)21-11-14-5-7-15(26-4)8-6-14;/h5-8,12-13H,9-11H2,1-4H3,(H2,20,21,23,24);1H. The van der Waals surface area contributed by atoms with Gasteiger partial charge >= 0.3 is 0 Å². The third-order valence-corrected chi connectivity index (χ3v) is 4.22. The van der Waals surface area contributed by atoms with Crippen LogP contribution < -0.4 is 15.4 Å². The van der Waals surface area contributed by atoms with Crippen molar-refractivity contribution in [2.75, 3.05) is 24.3 Å². The summed E-state index contributed by atoms with van der Waals surface area (Å²) in [7, 11) is 3.56. The highest BCUT2D eigenvalue weighted by Gasteiger charge is 2.11. The van der Waals surface area contributed by atoms with Crippen LogP contribution in [-0.2, 0) is 13.6 Å². The summed E-state index contributed by atoms with van der Waals surface area (Å²) < 4.78 is 6.97. The number of fused-ring (bicyclic) bond motifs is 1. The molecular weight excluding hydrogens is 364 g/mol. The predicted molar refractivity (Wildman–Crippen MR) is 112 cm³/mol. The number of benzene rings is 1. The van der Waals surface area contributed by atoms with Crippen LogP contribution in [0, 0.1) is 5.92 Å². The molecule has 3 aromatic rings. The monoisotopic (exact) mass is 390 g/mol. The van der Waals surface area contributed by atoms with E-state index in [1.165, 1.54) is 0 Å². The predicted octanol–water partition coefficient (Wildman–Crippen LogP) is 3.86. The van der Waals surface area contributed by atoms with Gasteiger partial charge in [-0.15, -0.1) is 12.4 Å². The minimum Gasteiger partial charge on any atom is -0.497 e. The van der Waals surface area contributed by atoms with Gasteiger partial charge in [0.2, 0.25) is 5.95 Å². The molecule has 0 unspecified atom stereocenters. The van der Waals surface area contributed by atoms with E-state index in [0.29, 0.717) is 18.4 Å². The zero-order valence-corrected chi connectivity index (χ0v) is 17.0. The Kier molecular flexibility index (Phi) is 7.24. The smallest absolute Gasteiger partial charge is 0.226 e. The fraction of sp³-hybridized carbons (Fsp3) is 0.421. The molecule has 0 aliphatic carbocycles. The average Bonchev–Trinajstić information content (AvgIpc) is 3.01. The van der Waals surface area contributed by atoms with Gasteiger partial charge in [0.25, 0.3) is 0 Å². The molecule has 2 aromatic heterocycles. The molecule has 27 heavy (non-hydrogen) atoms. The summed E-state index contributed by atoms with van der Waals surface area (Å²) in [5.41, 5.74) is 1.96. The van der Waals surface area contributed by atoms with E-state index in [2.05, 4.69) is 39.5 Å². The molecule has 0 amide bonds. The second-order valence-electron chi connectivity index (χ2n) is 6.71. The molecule has 3 rings (SSSR count). The first kappa shape index (κ1) is 20.8. The van der Waals surface area contributed by atoms with E-state index < -0.39 is 0 Å². The van der Waals surface area contributed by atoms with Crippen molar-refractivity contribution >= 4 is 35.2 Å². The highest BCUT2D eigenvalue weighted by atomic mass is 35.5. The molecular formula is C19H27ClN6O. The Morgan fingerprint density at radius 1 is 1.11 bits per heavy atom. The molecule has 2 N–H and O–H groups in total. The van der Waals surface area contributed by atoms with E-state index in [0.717, 1.165) is 41.1 Å². The van der Waals surface area contributed by atoms with Crippen molar-refractivity contribution < 1.29 is 4.74 Å². The van der Waals surface area contributed by atoms with Crippen molar-refractivity contribution in [3.8, 4) is 5.75 Å². The Bertz CT molecular complexity index is 863. The van der Waals surface area contributed by atoms with Gasteiger partial charge in [-0.1, -0.05) is 26.0 Å². The van der Waals surface area contributed by atoms with Crippen LogP contribution in [0.25, 0.3) is 11.0 Å². The quantitative estimate of drug-likeness (QED) is 0.608. The molecule has 1 aromatic carbocycles. The van der Waals surface area contributed by atoms with Gasteiger partial charge in [-0.05, 0) is 30.0 Å². The highest BCUT2D eigenvalue weighted by Crippen LogP contribution is 2.22. The summed E-state index contributed by atoms with van der Waals surface area (Å²) in [6, 6.07) is 7.98. The van der Waals surface area contributed by atoms with E-state index in [1.54, 1.807) is 18.0 Å².